The molecule has 1 aliphatic rings. The van der Waals surface area contributed by atoms with Crippen LogP contribution in [0.5, 0.6) is 0 Å². The standard InChI is InChI=1S/C19H18Cl2N2O/c20-15-6-7-16(18(21)12-15)17(11-14-5-4-8-22-13-14)19(24)23-9-2-1-3-10-23/h4-8,11-13H,1-3,9-10H2. The number of pyridine rings is 1. The van der Waals surface area contributed by atoms with Crippen molar-refractivity contribution in [2.45, 2.75) is 19.3 Å². The molecule has 3 rings (SSSR count). The predicted octanol–water partition coefficient (Wildman–Crippen LogP) is 4.94. The van der Waals surface area contributed by atoms with Crippen LogP contribution in [-0.4, -0.2) is 28.9 Å². The Balaban J connectivity index is 2.03. The molecule has 0 unspecified atom stereocenters. The average molecular weight is 361 g/mol. The highest BCUT2D eigenvalue weighted by Crippen LogP contribution is 2.30. The van der Waals surface area contributed by atoms with Gasteiger partial charge in [0.2, 0.25) is 0 Å². The van der Waals surface area contributed by atoms with E-state index in [1.165, 1.54) is 6.42 Å². The minimum atomic E-state index is 0.00257. The van der Waals surface area contributed by atoms with Crippen molar-refractivity contribution < 1.29 is 4.79 Å². The highest BCUT2D eigenvalue weighted by molar-refractivity contribution is 6.38. The monoisotopic (exact) mass is 360 g/mol. The molecule has 1 aliphatic heterocycles. The van der Waals surface area contributed by atoms with Gasteiger partial charge in [0.25, 0.3) is 5.91 Å². The number of rotatable bonds is 3. The Morgan fingerprint density at radius 2 is 1.92 bits per heavy atom. The molecule has 1 saturated heterocycles. The molecule has 2 aromatic rings. The molecule has 0 bridgehead atoms. The van der Waals surface area contributed by atoms with Crippen LogP contribution in [0.15, 0.2) is 42.7 Å². The highest BCUT2D eigenvalue weighted by atomic mass is 35.5. The van der Waals surface area contributed by atoms with Gasteiger partial charge in [-0.05, 0) is 49.1 Å². The van der Waals surface area contributed by atoms with Crippen molar-refractivity contribution in [2.75, 3.05) is 13.1 Å². The first-order valence-corrected chi connectivity index (χ1v) is 8.77. The van der Waals surface area contributed by atoms with E-state index in [2.05, 4.69) is 4.98 Å². The lowest BCUT2D eigenvalue weighted by Crippen LogP contribution is -2.36. The Kier molecular flexibility index (Phi) is 5.54. The van der Waals surface area contributed by atoms with Gasteiger partial charge in [0.1, 0.15) is 0 Å². The second-order valence-corrected chi connectivity index (χ2v) is 6.67. The lowest BCUT2D eigenvalue weighted by molar-refractivity contribution is -0.125. The second-order valence-electron chi connectivity index (χ2n) is 5.82. The zero-order valence-electron chi connectivity index (χ0n) is 13.2. The highest BCUT2D eigenvalue weighted by Gasteiger charge is 2.23. The Hall–Kier alpha value is -1.84. The first-order valence-electron chi connectivity index (χ1n) is 8.01. The number of hydrogen-bond acceptors (Lipinski definition) is 2. The van der Waals surface area contributed by atoms with Crippen LogP contribution >= 0.6 is 23.2 Å². The van der Waals surface area contributed by atoms with Crippen molar-refractivity contribution in [2.24, 2.45) is 0 Å². The van der Waals surface area contributed by atoms with Crippen LogP contribution in [0, 0.1) is 0 Å². The summed E-state index contributed by atoms with van der Waals surface area (Å²) in [6.07, 6.45) is 8.54. The maximum absolute atomic E-state index is 13.1. The molecule has 1 fully saturated rings. The molecule has 1 aromatic carbocycles. The molecular weight excluding hydrogens is 343 g/mol. The minimum Gasteiger partial charge on any atom is -0.339 e. The number of hydrogen-bond donors (Lipinski definition) is 0. The largest absolute Gasteiger partial charge is 0.339 e. The minimum absolute atomic E-state index is 0.00257. The lowest BCUT2D eigenvalue weighted by atomic mass is 10.0. The third-order valence-corrected chi connectivity index (χ3v) is 4.64. The SMILES string of the molecule is O=C(C(=Cc1cccnc1)c1ccc(Cl)cc1Cl)N1CCCCC1. The maximum atomic E-state index is 13.1. The van der Waals surface area contributed by atoms with Crippen molar-refractivity contribution in [1.29, 1.82) is 0 Å². The van der Waals surface area contributed by atoms with Crippen LogP contribution in [0.4, 0.5) is 0 Å². The summed E-state index contributed by atoms with van der Waals surface area (Å²) in [5, 5.41) is 1.03. The van der Waals surface area contributed by atoms with E-state index in [0.717, 1.165) is 31.5 Å². The number of likely N-dealkylation sites (tertiary alicyclic amines) is 1. The van der Waals surface area contributed by atoms with E-state index in [1.807, 2.05) is 23.1 Å². The molecule has 0 radical (unpaired) electrons. The number of carbonyl (C=O) groups excluding carboxylic acids is 1. The summed E-state index contributed by atoms with van der Waals surface area (Å²) in [5.41, 5.74) is 2.14. The van der Waals surface area contributed by atoms with Crippen molar-refractivity contribution >= 4 is 40.8 Å². The molecule has 24 heavy (non-hydrogen) atoms. The fraction of sp³-hybridized carbons (Fsp3) is 0.263. The van der Waals surface area contributed by atoms with Gasteiger partial charge in [0.15, 0.2) is 0 Å². The first-order chi connectivity index (χ1) is 11.6. The van der Waals surface area contributed by atoms with Gasteiger partial charge in [0, 0.05) is 41.6 Å². The van der Waals surface area contributed by atoms with Crippen molar-refractivity contribution in [1.82, 2.24) is 9.88 Å². The molecular formula is C19H18Cl2N2O. The fourth-order valence-corrected chi connectivity index (χ4v) is 3.37. The van der Waals surface area contributed by atoms with Crippen molar-refractivity contribution in [3.63, 3.8) is 0 Å². The van der Waals surface area contributed by atoms with Crippen LogP contribution in [0.2, 0.25) is 10.0 Å². The van der Waals surface area contributed by atoms with Gasteiger partial charge in [-0.3, -0.25) is 9.78 Å². The number of amides is 1. The molecule has 3 nitrogen and oxygen atoms in total. The van der Waals surface area contributed by atoms with Crippen LogP contribution in [0.25, 0.3) is 11.6 Å². The Morgan fingerprint density at radius 1 is 1.12 bits per heavy atom. The molecule has 5 heteroatoms. The number of nitrogens with zero attached hydrogens (tertiary/aromatic N) is 2. The molecule has 2 heterocycles. The molecule has 1 aromatic heterocycles. The van der Waals surface area contributed by atoms with Gasteiger partial charge < -0.3 is 4.90 Å². The molecule has 1 amide bonds. The molecule has 0 atom stereocenters. The number of benzene rings is 1. The number of aromatic nitrogens is 1. The van der Waals surface area contributed by atoms with E-state index < -0.39 is 0 Å². The fourth-order valence-electron chi connectivity index (χ4n) is 2.86. The van der Waals surface area contributed by atoms with Crippen LogP contribution in [0.3, 0.4) is 0 Å². The van der Waals surface area contributed by atoms with E-state index in [4.69, 9.17) is 23.2 Å². The molecule has 0 aliphatic carbocycles. The van der Waals surface area contributed by atoms with Gasteiger partial charge in [0.05, 0.1) is 5.02 Å². The van der Waals surface area contributed by atoms with Crippen molar-refractivity contribution in [3.05, 3.63) is 63.9 Å². The predicted molar refractivity (Wildman–Crippen MR) is 99.0 cm³/mol. The van der Waals surface area contributed by atoms with Gasteiger partial charge in [-0.1, -0.05) is 35.3 Å². The Morgan fingerprint density at radius 3 is 2.58 bits per heavy atom. The van der Waals surface area contributed by atoms with E-state index in [0.29, 0.717) is 21.2 Å². The summed E-state index contributed by atoms with van der Waals surface area (Å²) in [4.78, 5) is 19.1. The Labute approximate surface area is 151 Å². The average Bonchev–Trinajstić information content (AvgIpc) is 2.61. The molecule has 0 saturated carbocycles. The summed E-state index contributed by atoms with van der Waals surface area (Å²) >= 11 is 12.4. The second kappa shape index (κ2) is 7.82. The van der Waals surface area contributed by atoms with E-state index in [-0.39, 0.29) is 5.91 Å². The lowest BCUT2D eigenvalue weighted by Gasteiger charge is -2.28. The van der Waals surface area contributed by atoms with Crippen LogP contribution in [-0.2, 0) is 4.79 Å². The maximum Gasteiger partial charge on any atom is 0.254 e. The van der Waals surface area contributed by atoms with Crippen molar-refractivity contribution in [3.8, 4) is 0 Å². The summed E-state index contributed by atoms with van der Waals surface area (Å²) in [6.45, 7) is 1.57. The van der Waals surface area contributed by atoms with E-state index in [9.17, 15) is 4.79 Å². The van der Waals surface area contributed by atoms with Crippen LogP contribution in [0.1, 0.15) is 30.4 Å². The first kappa shape index (κ1) is 17.0. The molecule has 0 spiro atoms. The zero-order chi connectivity index (χ0) is 16.9. The molecule has 0 N–H and O–H groups in total. The topological polar surface area (TPSA) is 33.2 Å². The van der Waals surface area contributed by atoms with Gasteiger partial charge in [-0.15, -0.1) is 0 Å². The summed E-state index contributed by atoms with van der Waals surface area (Å²) in [5.74, 6) is 0.00257. The van der Waals surface area contributed by atoms with Gasteiger partial charge in [-0.25, -0.2) is 0 Å². The number of piperidine rings is 1. The van der Waals surface area contributed by atoms with Crippen LogP contribution < -0.4 is 0 Å². The van der Waals surface area contributed by atoms with E-state index >= 15 is 0 Å². The summed E-state index contributed by atoms with van der Waals surface area (Å²) < 4.78 is 0. The van der Waals surface area contributed by atoms with Gasteiger partial charge >= 0.3 is 0 Å². The number of carbonyl (C=O) groups is 1. The quantitative estimate of drug-likeness (QED) is 0.726. The van der Waals surface area contributed by atoms with Gasteiger partial charge in [-0.2, -0.15) is 0 Å². The third-order valence-electron chi connectivity index (χ3n) is 4.09. The summed E-state index contributed by atoms with van der Waals surface area (Å²) in [7, 11) is 0. The summed E-state index contributed by atoms with van der Waals surface area (Å²) in [6, 6.07) is 8.98. The zero-order valence-corrected chi connectivity index (χ0v) is 14.7. The normalized spacial score (nSPS) is 15.4. The Bertz CT molecular complexity index is 753. The molecule has 124 valence electrons. The smallest absolute Gasteiger partial charge is 0.254 e. The van der Waals surface area contributed by atoms with E-state index in [1.54, 1.807) is 30.6 Å². The number of halogens is 2. The third kappa shape index (κ3) is 3.97.